The van der Waals surface area contributed by atoms with Crippen LogP contribution in [0.5, 0.6) is 0 Å². The number of amides is 1. The van der Waals surface area contributed by atoms with Gasteiger partial charge in [-0.1, -0.05) is 0 Å². The third-order valence-corrected chi connectivity index (χ3v) is 2.87. The SMILES string of the molecule is CN(CCN1CCCC1)C(=O)CCCl. The van der Waals surface area contributed by atoms with Gasteiger partial charge in [0.25, 0.3) is 0 Å². The number of likely N-dealkylation sites (tertiary alicyclic amines) is 1. The molecular weight excluding hydrogens is 200 g/mol. The van der Waals surface area contributed by atoms with E-state index in [4.69, 9.17) is 11.6 Å². The molecule has 1 aliphatic rings. The predicted molar refractivity (Wildman–Crippen MR) is 58.6 cm³/mol. The van der Waals surface area contributed by atoms with Gasteiger partial charge in [-0.25, -0.2) is 0 Å². The van der Waals surface area contributed by atoms with Crippen LogP contribution in [0.15, 0.2) is 0 Å². The Morgan fingerprint density at radius 2 is 2.07 bits per heavy atom. The summed E-state index contributed by atoms with van der Waals surface area (Å²) in [5, 5.41) is 0. The molecule has 3 nitrogen and oxygen atoms in total. The van der Waals surface area contributed by atoms with Crippen molar-refractivity contribution < 1.29 is 4.79 Å². The highest BCUT2D eigenvalue weighted by molar-refractivity contribution is 6.18. The van der Waals surface area contributed by atoms with Gasteiger partial charge in [0.05, 0.1) is 0 Å². The second-order valence-electron chi connectivity index (χ2n) is 3.80. The molecule has 0 aromatic carbocycles. The molecule has 1 amide bonds. The largest absolute Gasteiger partial charge is 0.344 e. The summed E-state index contributed by atoms with van der Waals surface area (Å²) in [5.74, 6) is 0.576. The molecular formula is C10H19ClN2O. The molecule has 1 rings (SSSR count). The quantitative estimate of drug-likeness (QED) is 0.647. The van der Waals surface area contributed by atoms with E-state index < -0.39 is 0 Å². The standard InChI is InChI=1S/C10H19ClN2O/c1-12(10(14)4-5-11)8-9-13-6-2-3-7-13/h2-9H2,1H3. The summed E-state index contributed by atoms with van der Waals surface area (Å²) in [4.78, 5) is 15.6. The third-order valence-electron chi connectivity index (χ3n) is 2.68. The monoisotopic (exact) mass is 218 g/mol. The van der Waals surface area contributed by atoms with Gasteiger partial charge in [0.1, 0.15) is 0 Å². The Hall–Kier alpha value is -0.280. The molecule has 1 saturated heterocycles. The number of hydrogen-bond donors (Lipinski definition) is 0. The molecule has 1 fully saturated rings. The summed E-state index contributed by atoms with van der Waals surface area (Å²) in [6.45, 7) is 4.22. The van der Waals surface area contributed by atoms with Crippen molar-refractivity contribution in [1.82, 2.24) is 9.80 Å². The summed E-state index contributed by atoms with van der Waals surface area (Å²) in [7, 11) is 1.85. The molecule has 0 radical (unpaired) electrons. The average Bonchev–Trinajstić information content (AvgIpc) is 2.67. The molecule has 0 atom stereocenters. The molecule has 1 aliphatic heterocycles. The highest BCUT2D eigenvalue weighted by Gasteiger charge is 2.13. The summed E-state index contributed by atoms with van der Waals surface area (Å²) < 4.78 is 0. The number of carbonyl (C=O) groups is 1. The molecule has 0 spiro atoms. The van der Waals surface area contributed by atoms with Gasteiger partial charge >= 0.3 is 0 Å². The third kappa shape index (κ3) is 3.84. The van der Waals surface area contributed by atoms with E-state index in [1.807, 2.05) is 7.05 Å². The maximum Gasteiger partial charge on any atom is 0.223 e. The highest BCUT2D eigenvalue weighted by Crippen LogP contribution is 2.06. The maximum absolute atomic E-state index is 11.4. The topological polar surface area (TPSA) is 23.6 Å². The van der Waals surface area contributed by atoms with Crippen LogP contribution in [-0.2, 0) is 4.79 Å². The summed E-state index contributed by atoms with van der Waals surface area (Å²) in [6, 6.07) is 0. The van der Waals surface area contributed by atoms with Crippen molar-refractivity contribution in [2.24, 2.45) is 0 Å². The zero-order valence-corrected chi connectivity index (χ0v) is 9.59. The fourth-order valence-electron chi connectivity index (χ4n) is 1.69. The maximum atomic E-state index is 11.4. The number of nitrogens with zero attached hydrogens (tertiary/aromatic N) is 2. The van der Waals surface area contributed by atoms with Crippen molar-refractivity contribution in [3.05, 3.63) is 0 Å². The Kier molecular flexibility index (Phi) is 5.26. The van der Waals surface area contributed by atoms with Crippen molar-refractivity contribution in [1.29, 1.82) is 0 Å². The Balaban J connectivity index is 2.13. The Labute approximate surface area is 91.0 Å². The van der Waals surface area contributed by atoms with Crippen LogP contribution >= 0.6 is 11.6 Å². The zero-order chi connectivity index (χ0) is 10.4. The minimum atomic E-state index is 0.152. The van der Waals surface area contributed by atoms with E-state index in [0.29, 0.717) is 12.3 Å². The molecule has 0 unspecified atom stereocenters. The van der Waals surface area contributed by atoms with Crippen LogP contribution < -0.4 is 0 Å². The van der Waals surface area contributed by atoms with Gasteiger partial charge in [-0.05, 0) is 25.9 Å². The van der Waals surface area contributed by atoms with Crippen molar-refractivity contribution >= 4 is 17.5 Å². The fourth-order valence-corrected chi connectivity index (χ4v) is 1.86. The first-order valence-corrected chi connectivity index (χ1v) is 5.80. The lowest BCUT2D eigenvalue weighted by Gasteiger charge is -2.21. The summed E-state index contributed by atoms with van der Waals surface area (Å²) in [5.41, 5.74) is 0. The van der Waals surface area contributed by atoms with Gasteiger partial charge in [-0.15, -0.1) is 11.6 Å². The van der Waals surface area contributed by atoms with Crippen LogP contribution in [0.4, 0.5) is 0 Å². The van der Waals surface area contributed by atoms with Crippen LogP contribution in [0.2, 0.25) is 0 Å². The van der Waals surface area contributed by atoms with E-state index in [1.54, 1.807) is 4.90 Å². The lowest BCUT2D eigenvalue weighted by atomic mass is 10.4. The molecule has 0 saturated carbocycles. The summed E-state index contributed by atoms with van der Waals surface area (Å²) >= 11 is 5.51. The number of rotatable bonds is 5. The number of hydrogen-bond acceptors (Lipinski definition) is 2. The molecule has 14 heavy (non-hydrogen) atoms. The number of alkyl halides is 1. The van der Waals surface area contributed by atoms with Crippen molar-refractivity contribution in [2.45, 2.75) is 19.3 Å². The van der Waals surface area contributed by atoms with Crippen LogP contribution in [-0.4, -0.2) is 54.8 Å². The fraction of sp³-hybridized carbons (Fsp3) is 0.900. The predicted octanol–water partition coefficient (Wildman–Crippen LogP) is 1.17. The van der Waals surface area contributed by atoms with E-state index in [0.717, 1.165) is 13.1 Å². The minimum absolute atomic E-state index is 0.152. The molecule has 0 bridgehead atoms. The van der Waals surface area contributed by atoms with Crippen molar-refractivity contribution in [3.8, 4) is 0 Å². The Bertz CT molecular complexity index is 181. The van der Waals surface area contributed by atoms with Gasteiger partial charge in [-0.2, -0.15) is 0 Å². The van der Waals surface area contributed by atoms with E-state index in [-0.39, 0.29) is 5.91 Å². The molecule has 0 aliphatic carbocycles. The minimum Gasteiger partial charge on any atom is -0.344 e. The van der Waals surface area contributed by atoms with E-state index >= 15 is 0 Å². The molecule has 1 heterocycles. The normalized spacial score (nSPS) is 17.3. The van der Waals surface area contributed by atoms with E-state index in [9.17, 15) is 4.79 Å². The summed E-state index contributed by atoms with van der Waals surface area (Å²) in [6.07, 6.45) is 3.07. The first kappa shape index (κ1) is 11.8. The van der Waals surface area contributed by atoms with Crippen LogP contribution in [0, 0.1) is 0 Å². The van der Waals surface area contributed by atoms with Crippen LogP contribution in [0.1, 0.15) is 19.3 Å². The molecule has 0 aromatic rings. The average molecular weight is 219 g/mol. The number of halogens is 1. The molecule has 4 heteroatoms. The lowest BCUT2D eigenvalue weighted by molar-refractivity contribution is -0.129. The first-order valence-electron chi connectivity index (χ1n) is 5.26. The molecule has 0 N–H and O–H groups in total. The number of carbonyl (C=O) groups excluding carboxylic acids is 1. The molecule has 0 aromatic heterocycles. The second-order valence-corrected chi connectivity index (χ2v) is 4.18. The lowest BCUT2D eigenvalue weighted by Crippen LogP contribution is -2.35. The Morgan fingerprint density at radius 3 is 2.64 bits per heavy atom. The van der Waals surface area contributed by atoms with Crippen LogP contribution in [0.25, 0.3) is 0 Å². The van der Waals surface area contributed by atoms with E-state index in [2.05, 4.69) is 4.90 Å². The van der Waals surface area contributed by atoms with Crippen molar-refractivity contribution in [3.63, 3.8) is 0 Å². The first-order chi connectivity index (χ1) is 6.74. The van der Waals surface area contributed by atoms with Gasteiger partial charge in [0.2, 0.25) is 5.91 Å². The Morgan fingerprint density at radius 1 is 1.43 bits per heavy atom. The van der Waals surface area contributed by atoms with Crippen molar-refractivity contribution in [2.75, 3.05) is 39.1 Å². The molecule has 82 valence electrons. The number of likely N-dealkylation sites (N-methyl/N-ethyl adjacent to an activating group) is 1. The van der Waals surface area contributed by atoms with Crippen LogP contribution in [0.3, 0.4) is 0 Å². The smallest absolute Gasteiger partial charge is 0.223 e. The van der Waals surface area contributed by atoms with Gasteiger partial charge in [-0.3, -0.25) is 4.79 Å². The second kappa shape index (κ2) is 6.25. The van der Waals surface area contributed by atoms with E-state index in [1.165, 1.54) is 25.9 Å². The van der Waals surface area contributed by atoms with Gasteiger partial charge in [0, 0.05) is 32.4 Å². The van der Waals surface area contributed by atoms with Gasteiger partial charge in [0.15, 0.2) is 0 Å². The zero-order valence-electron chi connectivity index (χ0n) is 8.84. The highest BCUT2D eigenvalue weighted by atomic mass is 35.5. The van der Waals surface area contributed by atoms with Gasteiger partial charge < -0.3 is 9.80 Å².